The Hall–Kier alpha value is -0.770. The molecule has 1 rings (SSSR count). The van der Waals surface area contributed by atoms with Gasteiger partial charge in [0.05, 0.1) is 0 Å². The van der Waals surface area contributed by atoms with Crippen LogP contribution in [0.3, 0.4) is 0 Å². The highest BCUT2D eigenvalue weighted by molar-refractivity contribution is 5.67. The van der Waals surface area contributed by atoms with Gasteiger partial charge >= 0.3 is 6.09 Å². The Kier molecular flexibility index (Phi) is 4.42. The van der Waals surface area contributed by atoms with E-state index in [1.807, 2.05) is 20.8 Å². The first kappa shape index (κ1) is 14.3. The van der Waals surface area contributed by atoms with Crippen molar-refractivity contribution < 1.29 is 9.53 Å². The van der Waals surface area contributed by atoms with Crippen LogP contribution in [-0.4, -0.2) is 42.8 Å². The SMILES string of the molecule is CN(C)C1(CNC(=O)OC(C)(C)C)CCCC1. The lowest BCUT2D eigenvalue weighted by Crippen LogP contribution is -2.51. The number of carbonyl (C=O) groups excluding carboxylic acids is 1. The molecule has 1 aliphatic carbocycles. The van der Waals surface area contributed by atoms with Gasteiger partial charge < -0.3 is 15.0 Å². The highest BCUT2D eigenvalue weighted by Crippen LogP contribution is 2.33. The quantitative estimate of drug-likeness (QED) is 0.826. The predicted octanol–water partition coefficient (Wildman–Crippen LogP) is 2.39. The maximum absolute atomic E-state index is 11.6. The lowest BCUT2D eigenvalue weighted by atomic mass is 9.96. The Bertz CT molecular complexity index is 263. The number of ether oxygens (including phenoxy) is 1. The van der Waals surface area contributed by atoms with Crippen molar-refractivity contribution in [1.29, 1.82) is 0 Å². The molecule has 0 atom stereocenters. The van der Waals surface area contributed by atoms with Gasteiger partial charge in [0, 0.05) is 12.1 Å². The van der Waals surface area contributed by atoms with Crippen LogP contribution in [0.25, 0.3) is 0 Å². The molecular weight excluding hydrogens is 216 g/mol. The largest absolute Gasteiger partial charge is 0.444 e. The van der Waals surface area contributed by atoms with Crippen LogP contribution >= 0.6 is 0 Å². The monoisotopic (exact) mass is 242 g/mol. The summed E-state index contributed by atoms with van der Waals surface area (Å²) in [6.07, 6.45) is 4.47. The van der Waals surface area contributed by atoms with Crippen LogP contribution in [0, 0.1) is 0 Å². The first-order valence-electron chi connectivity index (χ1n) is 6.39. The Balaban J connectivity index is 2.45. The molecule has 0 aromatic heterocycles. The summed E-state index contributed by atoms with van der Waals surface area (Å²) in [7, 11) is 4.17. The highest BCUT2D eigenvalue weighted by atomic mass is 16.6. The van der Waals surface area contributed by atoms with Crippen molar-refractivity contribution in [3.8, 4) is 0 Å². The van der Waals surface area contributed by atoms with Crippen LogP contribution < -0.4 is 5.32 Å². The van der Waals surface area contributed by atoms with Crippen molar-refractivity contribution in [2.45, 2.75) is 57.6 Å². The average molecular weight is 242 g/mol. The van der Waals surface area contributed by atoms with Crippen molar-refractivity contribution in [3.05, 3.63) is 0 Å². The summed E-state index contributed by atoms with van der Waals surface area (Å²) in [6.45, 7) is 6.31. The van der Waals surface area contributed by atoms with Crippen molar-refractivity contribution in [1.82, 2.24) is 10.2 Å². The number of hydrogen-bond acceptors (Lipinski definition) is 3. The molecule has 0 heterocycles. The van der Waals surface area contributed by atoms with E-state index in [1.54, 1.807) is 0 Å². The fourth-order valence-electron chi connectivity index (χ4n) is 2.37. The lowest BCUT2D eigenvalue weighted by molar-refractivity contribution is 0.0479. The third-order valence-corrected chi connectivity index (χ3v) is 3.44. The van der Waals surface area contributed by atoms with Gasteiger partial charge in [0.25, 0.3) is 0 Å². The van der Waals surface area contributed by atoms with Gasteiger partial charge in [0.15, 0.2) is 0 Å². The van der Waals surface area contributed by atoms with Crippen molar-refractivity contribution in [3.63, 3.8) is 0 Å². The van der Waals surface area contributed by atoms with Crippen LogP contribution in [0.4, 0.5) is 4.79 Å². The fourth-order valence-corrected chi connectivity index (χ4v) is 2.37. The molecule has 1 N–H and O–H groups in total. The topological polar surface area (TPSA) is 41.6 Å². The second-order valence-electron chi connectivity index (χ2n) is 6.18. The zero-order valence-electron chi connectivity index (χ0n) is 11.8. The molecular formula is C13H26N2O2. The maximum Gasteiger partial charge on any atom is 0.407 e. The van der Waals surface area contributed by atoms with Gasteiger partial charge in [-0.05, 0) is 47.7 Å². The second kappa shape index (κ2) is 5.25. The molecule has 0 aromatic rings. The summed E-state index contributed by atoms with van der Waals surface area (Å²) in [5, 5.41) is 2.90. The zero-order valence-corrected chi connectivity index (χ0v) is 11.8. The number of rotatable bonds is 3. The molecule has 1 amide bonds. The second-order valence-corrected chi connectivity index (χ2v) is 6.18. The van der Waals surface area contributed by atoms with E-state index in [9.17, 15) is 4.79 Å². The molecule has 0 spiro atoms. The van der Waals surface area contributed by atoms with Crippen molar-refractivity contribution >= 4 is 6.09 Å². The van der Waals surface area contributed by atoms with E-state index in [0.717, 1.165) is 12.8 Å². The number of carbonyl (C=O) groups is 1. The number of alkyl carbamates (subject to hydrolysis) is 1. The molecule has 1 aliphatic rings. The molecule has 0 unspecified atom stereocenters. The molecule has 0 saturated heterocycles. The van der Waals surface area contributed by atoms with E-state index >= 15 is 0 Å². The Labute approximate surface area is 105 Å². The summed E-state index contributed by atoms with van der Waals surface area (Å²) < 4.78 is 5.25. The van der Waals surface area contributed by atoms with E-state index in [1.165, 1.54) is 12.8 Å². The average Bonchev–Trinajstić information content (AvgIpc) is 2.61. The summed E-state index contributed by atoms with van der Waals surface area (Å²) in [6, 6.07) is 0. The Morgan fingerprint density at radius 3 is 2.24 bits per heavy atom. The number of amides is 1. The minimum Gasteiger partial charge on any atom is -0.444 e. The molecule has 0 radical (unpaired) electrons. The molecule has 0 bridgehead atoms. The van der Waals surface area contributed by atoms with E-state index < -0.39 is 5.60 Å². The molecule has 1 saturated carbocycles. The van der Waals surface area contributed by atoms with Crippen LogP contribution in [0.2, 0.25) is 0 Å². The van der Waals surface area contributed by atoms with Crippen LogP contribution in [-0.2, 0) is 4.74 Å². The third kappa shape index (κ3) is 4.19. The summed E-state index contributed by atoms with van der Waals surface area (Å²) in [5.74, 6) is 0. The number of hydrogen-bond donors (Lipinski definition) is 1. The normalized spacial score (nSPS) is 19.4. The Morgan fingerprint density at radius 2 is 1.82 bits per heavy atom. The first-order chi connectivity index (χ1) is 7.75. The summed E-state index contributed by atoms with van der Waals surface area (Å²) in [5.41, 5.74) is -0.304. The van der Waals surface area contributed by atoms with Gasteiger partial charge in [0.2, 0.25) is 0 Å². The molecule has 1 fully saturated rings. The number of likely N-dealkylation sites (N-methyl/N-ethyl adjacent to an activating group) is 1. The minimum absolute atomic E-state index is 0.122. The molecule has 4 heteroatoms. The molecule has 4 nitrogen and oxygen atoms in total. The number of nitrogens with zero attached hydrogens (tertiary/aromatic N) is 1. The van der Waals surface area contributed by atoms with E-state index in [4.69, 9.17) is 4.74 Å². The van der Waals surface area contributed by atoms with Crippen LogP contribution in [0.1, 0.15) is 46.5 Å². The highest BCUT2D eigenvalue weighted by Gasteiger charge is 2.36. The lowest BCUT2D eigenvalue weighted by Gasteiger charge is -2.36. The number of nitrogens with one attached hydrogen (secondary N) is 1. The van der Waals surface area contributed by atoms with Gasteiger partial charge in [-0.25, -0.2) is 4.79 Å². The van der Waals surface area contributed by atoms with Crippen LogP contribution in [0.15, 0.2) is 0 Å². The fraction of sp³-hybridized carbons (Fsp3) is 0.923. The van der Waals surface area contributed by atoms with Gasteiger partial charge in [-0.1, -0.05) is 12.8 Å². The summed E-state index contributed by atoms with van der Waals surface area (Å²) in [4.78, 5) is 13.9. The van der Waals surface area contributed by atoms with E-state index in [2.05, 4.69) is 24.3 Å². The molecule has 0 aliphatic heterocycles. The van der Waals surface area contributed by atoms with Crippen molar-refractivity contribution in [2.24, 2.45) is 0 Å². The van der Waals surface area contributed by atoms with Gasteiger partial charge in [0.1, 0.15) is 5.60 Å². The van der Waals surface area contributed by atoms with Gasteiger partial charge in [-0.15, -0.1) is 0 Å². The third-order valence-electron chi connectivity index (χ3n) is 3.44. The molecule has 100 valence electrons. The summed E-state index contributed by atoms with van der Waals surface area (Å²) >= 11 is 0. The van der Waals surface area contributed by atoms with Gasteiger partial charge in [-0.2, -0.15) is 0 Å². The first-order valence-corrected chi connectivity index (χ1v) is 6.39. The Morgan fingerprint density at radius 1 is 1.29 bits per heavy atom. The zero-order chi connectivity index (χ0) is 13.1. The van der Waals surface area contributed by atoms with E-state index in [-0.39, 0.29) is 11.6 Å². The molecule has 17 heavy (non-hydrogen) atoms. The van der Waals surface area contributed by atoms with Crippen molar-refractivity contribution in [2.75, 3.05) is 20.6 Å². The minimum atomic E-state index is -0.426. The smallest absolute Gasteiger partial charge is 0.407 e. The van der Waals surface area contributed by atoms with Gasteiger partial charge in [-0.3, -0.25) is 0 Å². The standard InChI is InChI=1S/C13H26N2O2/c1-12(2,3)17-11(16)14-10-13(15(4)5)8-6-7-9-13/h6-10H2,1-5H3,(H,14,16). The van der Waals surface area contributed by atoms with Crippen LogP contribution in [0.5, 0.6) is 0 Å². The van der Waals surface area contributed by atoms with E-state index in [0.29, 0.717) is 6.54 Å². The predicted molar refractivity (Wildman–Crippen MR) is 69.1 cm³/mol. The maximum atomic E-state index is 11.6. The molecule has 0 aromatic carbocycles.